The standard InChI is InChI=1S/C12H17NO4S/c1-9-7-10(14)4-5-12(9)13-18(15,16)8-11-3-2-6-17-11/h4-5,7,11,13-14H,2-3,6,8H2,1H3. The summed E-state index contributed by atoms with van der Waals surface area (Å²) in [6.07, 6.45) is 1.49. The second kappa shape index (κ2) is 5.16. The summed E-state index contributed by atoms with van der Waals surface area (Å²) >= 11 is 0. The molecule has 2 rings (SSSR count). The number of hydrogen-bond donors (Lipinski definition) is 2. The molecule has 0 bridgehead atoms. The average molecular weight is 271 g/mol. The van der Waals surface area contributed by atoms with E-state index in [1.807, 2.05) is 0 Å². The highest BCUT2D eigenvalue weighted by Crippen LogP contribution is 2.22. The van der Waals surface area contributed by atoms with Gasteiger partial charge in [-0.1, -0.05) is 0 Å². The number of phenolic OH excluding ortho intramolecular Hbond substituents is 1. The quantitative estimate of drug-likeness (QED) is 0.816. The van der Waals surface area contributed by atoms with E-state index in [0.717, 1.165) is 12.8 Å². The Hall–Kier alpha value is -1.27. The normalized spacial score (nSPS) is 19.9. The van der Waals surface area contributed by atoms with E-state index in [1.165, 1.54) is 12.1 Å². The molecule has 0 aromatic heterocycles. The Labute approximate surface area is 107 Å². The van der Waals surface area contributed by atoms with Crippen LogP contribution in [0.1, 0.15) is 18.4 Å². The fraction of sp³-hybridized carbons (Fsp3) is 0.500. The van der Waals surface area contributed by atoms with Gasteiger partial charge in [0.05, 0.1) is 17.5 Å². The molecule has 1 unspecified atom stereocenters. The van der Waals surface area contributed by atoms with Gasteiger partial charge in [0.15, 0.2) is 0 Å². The molecule has 0 radical (unpaired) electrons. The van der Waals surface area contributed by atoms with Gasteiger partial charge in [-0.2, -0.15) is 0 Å². The smallest absolute Gasteiger partial charge is 0.235 e. The number of nitrogens with one attached hydrogen (secondary N) is 1. The fourth-order valence-corrected chi connectivity index (χ4v) is 3.39. The van der Waals surface area contributed by atoms with Crippen LogP contribution < -0.4 is 4.72 Å². The Balaban J connectivity index is 2.07. The van der Waals surface area contributed by atoms with Crippen molar-refractivity contribution in [3.63, 3.8) is 0 Å². The van der Waals surface area contributed by atoms with Crippen molar-refractivity contribution in [1.29, 1.82) is 0 Å². The Bertz CT molecular complexity index is 521. The monoisotopic (exact) mass is 271 g/mol. The second-order valence-electron chi connectivity index (χ2n) is 4.52. The van der Waals surface area contributed by atoms with Crippen molar-refractivity contribution < 1.29 is 18.3 Å². The van der Waals surface area contributed by atoms with Crippen molar-refractivity contribution in [2.24, 2.45) is 0 Å². The highest BCUT2D eigenvalue weighted by Gasteiger charge is 2.23. The maximum atomic E-state index is 11.9. The summed E-state index contributed by atoms with van der Waals surface area (Å²) in [5.41, 5.74) is 1.18. The van der Waals surface area contributed by atoms with Gasteiger partial charge in [0.1, 0.15) is 5.75 Å². The van der Waals surface area contributed by atoms with Crippen LogP contribution in [0.4, 0.5) is 5.69 Å². The molecule has 1 aromatic carbocycles. The minimum Gasteiger partial charge on any atom is -0.508 e. The molecule has 0 amide bonds. The zero-order valence-corrected chi connectivity index (χ0v) is 11.0. The molecule has 100 valence electrons. The van der Waals surface area contributed by atoms with Crippen LogP contribution in [0.5, 0.6) is 5.75 Å². The number of aromatic hydroxyl groups is 1. The number of rotatable bonds is 4. The Morgan fingerprint density at radius 3 is 2.89 bits per heavy atom. The first kappa shape index (κ1) is 13.2. The van der Waals surface area contributed by atoms with Crippen molar-refractivity contribution in [3.05, 3.63) is 23.8 Å². The average Bonchev–Trinajstić information content (AvgIpc) is 2.74. The van der Waals surface area contributed by atoms with E-state index in [9.17, 15) is 13.5 Å². The van der Waals surface area contributed by atoms with Crippen LogP contribution >= 0.6 is 0 Å². The van der Waals surface area contributed by atoms with Crippen LogP contribution in [0, 0.1) is 6.92 Å². The lowest BCUT2D eigenvalue weighted by Crippen LogP contribution is -2.25. The van der Waals surface area contributed by atoms with Crippen molar-refractivity contribution in [1.82, 2.24) is 0 Å². The van der Waals surface area contributed by atoms with Crippen LogP contribution in [-0.2, 0) is 14.8 Å². The molecule has 5 nitrogen and oxygen atoms in total. The van der Waals surface area contributed by atoms with Crippen molar-refractivity contribution >= 4 is 15.7 Å². The van der Waals surface area contributed by atoms with Gasteiger partial charge in [0.25, 0.3) is 0 Å². The number of benzene rings is 1. The van der Waals surface area contributed by atoms with Crippen molar-refractivity contribution in [2.45, 2.75) is 25.9 Å². The number of sulfonamides is 1. The lowest BCUT2D eigenvalue weighted by Gasteiger charge is -2.13. The van der Waals surface area contributed by atoms with Gasteiger partial charge in [-0.3, -0.25) is 4.72 Å². The van der Waals surface area contributed by atoms with Gasteiger partial charge < -0.3 is 9.84 Å². The number of anilines is 1. The van der Waals surface area contributed by atoms with Crippen molar-refractivity contribution in [3.8, 4) is 5.75 Å². The molecule has 1 aliphatic heterocycles. The molecule has 0 saturated carbocycles. The molecular formula is C12H17NO4S. The van der Waals surface area contributed by atoms with E-state index >= 15 is 0 Å². The van der Waals surface area contributed by atoms with Crippen LogP contribution in [0.2, 0.25) is 0 Å². The molecule has 1 aromatic rings. The molecule has 1 aliphatic rings. The molecule has 0 aliphatic carbocycles. The molecule has 18 heavy (non-hydrogen) atoms. The lowest BCUT2D eigenvalue weighted by atomic mass is 10.2. The van der Waals surface area contributed by atoms with Crippen LogP contribution in [0.25, 0.3) is 0 Å². The molecule has 0 spiro atoms. The lowest BCUT2D eigenvalue weighted by molar-refractivity contribution is 0.127. The highest BCUT2D eigenvalue weighted by atomic mass is 32.2. The summed E-state index contributed by atoms with van der Waals surface area (Å²) < 4.78 is 31.7. The molecule has 6 heteroatoms. The first-order chi connectivity index (χ1) is 8.46. The predicted molar refractivity (Wildman–Crippen MR) is 69.2 cm³/mol. The number of hydrogen-bond acceptors (Lipinski definition) is 4. The van der Waals surface area contributed by atoms with Gasteiger partial charge in [-0.25, -0.2) is 8.42 Å². The van der Waals surface area contributed by atoms with Crippen LogP contribution in [0.15, 0.2) is 18.2 Å². The predicted octanol–water partition coefficient (Wildman–Crippen LogP) is 1.62. The van der Waals surface area contributed by atoms with E-state index in [2.05, 4.69) is 4.72 Å². The Morgan fingerprint density at radius 2 is 2.28 bits per heavy atom. The second-order valence-corrected chi connectivity index (χ2v) is 6.28. The van der Waals surface area contributed by atoms with Crippen LogP contribution in [-0.4, -0.2) is 32.0 Å². The first-order valence-electron chi connectivity index (χ1n) is 5.88. The maximum Gasteiger partial charge on any atom is 0.235 e. The largest absolute Gasteiger partial charge is 0.508 e. The Morgan fingerprint density at radius 1 is 1.50 bits per heavy atom. The third-order valence-corrected chi connectivity index (χ3v) is 4.25. The SMILES string of the molecule is Cc1cc(O)ccc1NS(=O)(=O)CC1CCCO1. The zero-order chi connectivity index (χ0) is 13.2. The molecule has 1 atom stereocenters. The molecule has 1 fully saturated rings. The summed E-state index contributed by atoms with van der Waals surface area (Å²) in [7, 11) is -3.41. The van der Waals surface area contributed by atoms with E-state index in [4.69, 9.17) is 4.74 Å². The minimum atomic E-state index is -3.41. The fourth-order valence-electron chi connectivity index (χ4n) is 1.99. The van der Waals surface area contributed by atoms with E-state index < -0.39 is 10.0 Å². The third-order valence-electron chi connectivity index (χ3n) is 2.90. The minimum absolute atomic E-state index is 0.0205. The number of phenols is 1. The van der Waals surface area contributed by atoms with Gasteiger partial charge in [0.2, 0.25) is 10.0 Å². The summed E-state index contributed by atoms with van der Waals surface area (Å²) in [6.45, 7) is 2.38. The van der Waals surface area contributed by atoms with Gasteiger partial charge in [0, 0.05) is 6.61 Å². The highest BCUT2D eigenvalue weighted by molar-refractivity contribution is 7.92. The molecular weight excluding hydrogens is 254 g/mol. The number of aryl methyl sites for hydroxylation is 1. The van der Waals surface area contributed by atoms with Gasteiger partial charge >= 0.3 is 0 Å². The zero-order valence-electron chi connectivity index (χ0n) is 10.2. The van der Waals surface area contributed by atoms with Crippen LogP contribution in [0.3, 0.4) is 0 Å². The summed E-state index contributed by atoms with van der Waals surface area (Å²) in [4.78, 5) is 0. The van der Waals surface area contributed by atoms with Crippen molar-refractivity contribution in [2.75, 3.05) is 17.1 Å². The van der Waals surface area contributed by atoms with Gasteiger partial charge in [-0.05, 0) is 43.5 Å². The van der Waals surface area contributed by atoms with E-state index in [-0.39, 0.29) is 17.6 Å². The van der Waals surface area contributed by atoms with E-state index in [0.29, 0.717) is 17.9 Å². The molecule has 1 heterocycles. The maximum absolute atomic E-state index is 11.9. The molecule has 1 saturated heterocycles. The summed E-state index contributed by atoms with van der Waals surface area (Å²) in [5, 5.41) is 9.27. The topological polar surface area (TPSA) is 75.6 Å². The van der Waals surface area contributed by atoms with E-state index in [1.54, 1.807) is 13.0 Å². The Kier molecular flexibility index (Phi) is 3.77. The first-order valence-corrected chi connectivity index (χ1v) is 7.53. The molecule has 2 N–H and O–H groups in total. The summed E-state index contributed by atoms with van der Waals surface area (Å²) in [6, 6.07) is 4.53. The number of ether oxygens (including phenoxy) is 1. The third kappa shape index (κ3) is 3.36. The van der Waals surface area contributed by atoms with Gasteiger partial charge in [-0.15, -0.1) is 0 Å². The summed E-state index contributed by atoms with van der Waals surface area (Å²) in [5.74, 6) is 0.0995.